The molecule has 35 heavy (non-hydrogen) atoms. The van der Waals surface area contributed by atoms with Gasteiger partial charge in [0.2, 0.25) is 0 Å². The van der Waals surface area contributed by atoms with Crippen LogP contribution in [0.4, 0.5) is 0 Å². The largest absolute Gasteiger partial charge is 0.368 e. The molecule has 0 unspecified atom stereocenters. The zero-order valence-electron chi connectivity index (χ0n) is 15.8. The smallest absolute Gasteiger partial charge is 0.137 e. The first-order chi connectivity index (χ1) is 15.0. The lowest BCUT2D eigenvalue weighted by Gasteiger charge is -1.49. The molecular weight excluding hydrogens is 448 g/mol. The van der Waals surface area contributed by atoms with Crippen molar-refractivity contribution in [3.8, 4) is 0 Å². The Hall–Kier alpha value is -4.88. The Morgan fingerprint density at radius 3 is 1.14 bits per heavy atom. The Balaban J connectivity index is -0.0000001000. The van der Waals surface area contributed by atoms with Gasteiger partial charge in [-0.3, -0.25) is 15.3 Å². The third kappa shape index (κ3) is 33.9. The summed E-state index contributed by atoms with van der Waals surface area (Å²) in [6.07, 6.45) is 21.4. The molecule has 0 aliphatic heterocycles. The van der Waals surface area contributed by atoms with Crippen LogP contribution in [-0.2, 0) is 0 Å². The van der Waals surface area contributed by atoms with Gasteiger partial charge in [-0.2, -0.15) is 30.7 Å². The van der Waals surface area contributed by atoms with Gasteiger partial charge in [0.25, 0.3) is 0 Å². The molecule has 0 spiro atoms. The number of hydrogen-bond acceptors (Lipinski definition) is 8. The number of nitrogens with zero attached hydrogens (tertiary/aromatic N) is 8. The van der Waals surface area contributed by atoms with E-state index < -0.39 is 0 Å². The van der Waals surface area contributed by atoms with E-state index in [0.29, 0.717) is 0 Å². The molecule has 6 aromatic rings. The molecule has 0 saturated carbocycles. The van der Waals surface area contributed by atoms with Crippen molar-refractivity contribution < 1.29 is 0 Å². The monoisotopic (exact) mass is 490 g/mol. The van der Waals surface area contributed by atoms with Crippen LogP contribution in [0.5, 0.6) is 0 Å². The molecule has 0 aliphatic carbocycles. The SMILES string of the molecule is C.C.C.C.C.c1c[nH]cn1.c1cc[nH]c1.c1cn[nH]c1.c1cn[nH]n1.c1nc[nH]n1.c1nc[nH]n1. The van der Waals surface area contributed by atoms with Crippen LogP contribution >= 0.6 is 0 Å². The van der Waals surface area contributed by atoms with Crippen LogP contribution in [0.3, 0.4) is 0 Å². The molecule has 6 rings (SSSR count). The number of aromatic nitrogens is 14. The Bertz CT molecular complexity index is 577. The molecule has 196 valence electrons. The molecule has 0 aromatic carbocycles. The lowest BCUT2D eigenvalue weighted by molar-refractivity contribution is 0.940. The van der Waals surface area contributed by atoms with Gasteiger partial charge in [0.15, 0.2) is 0 Å². The number of rotatable bonds is 0. The summed E-state index contributed by atoms with van der Waals surface area (Å²) >= 11 is 0. The predicted molar refractivity (Wildman–Crippen MR) is 141 cm³/mol. The number of hydrogen-bond donors (Lipinski definition) is 6. The van der Waals surface area contributed by atoms with Gasteiger partial charge in [-0.25, -0.2) is 15.0 Å². The zero-order chi connectivity index (χ0) is 21.2. The highest BCUT2D eigenvalue weighted by molar-refractivity contribution is 4.84. The summed E-state index contributed by atoms with van der Waals surface area (Å²) in [6, 6.07) is 5.72. The molecular formula is C21H42N14. The number of imidazole rings is 1. The van der Waals surface area contributed by atoms with Crippen LogP contribution < -0.4 is 0 Å². The van der Waals surface area contributed by atoms with Crippen LogP contribution in [0.1, 0.15) is 37.1 Å². The van der Waals surface area contributed by atoms with Gasteiger partial charge in [0.05, 0.1) is 18.7 Å². The van der Waals surface area contributed by atoms with E-state index in [0.717, 1.165) is 0 Å². The number of H-pyrrole nitrogens is 6. The maximum absolute atomic E-state index is 3.67. The molecule has 6 aromatic heterocycles. The van der Waals surface area contributed by atoms with Crippen LogP contribution in [0.2, 0.25) is 0 Å². The molecule has 14 nitrogen and oxygen atoms in total. The highest BCUT2D eigenvalue weighted by atomic mass is 15.3. The second-order valence-corrected chi connectivity index (χ2v) is 4.37. The topological polar surface area (TPSA) is 198 Å². The van der Waals surface area contributed by atoms with Crippen LogP contribution in [0, 0.1) is 0 Å². The van der Waals surface area contributed by atoms with Gasteiger partial charge in [0, 0.05) is 37.2 Å². The summed E-state index contributed by atoms with van der Waals surface area (Å²) in [4.78, 5) is 16.4. The summed E-state index contributed by atoms with van der Waals surface area (Å²) in [5, 5.41) is 27.5. The van der Waals surface area contributed by atoms with Crippen molar-refractivity contribution in [1.29, 1.82) is 0 Å². The van der Waals surface area contributed by atoms with Gasteiger partial charge < -0.3 is 9.97 Å². The first kappa shape index (κ1) is 40.5. The lowest BCUT2D eigenvalue weighted by Crippen LogP contribution is -1.61. The van der Waals surface area contributed by atoms with E-state index in [1.165, 1.54) is 25.3 Å². The molecule has 0 atom stereocenters. The average Bonchev–Trinajstić information content (AvgIpc) is 3.69. The minimum atomic E-state index is 0. The van der Waals surface area contributed by atoms with E-state index in [1.54, 1.807) is 43.5 Å². The molecule has 0 amide bonds. The minimum absolute atomic E-state index is 0. The molecule has 0 fully saturated rings. The summed E-state index contributed by atoms with van der Waals surface area (Å²) in [7, 11) is 0. The molecule has 6 N–H and O–H groups in total. The molecule has 0 aliphatic rings. The highest BCUT2D eigenvalue weighted by Crippen LogP contribution is 1.72. The quantitative estimate of drug-likeness (QED) is 0.179. The summed E-state index contributed by atoms with van der Waals surface area (Å²) in [6.45, 7) is 0. The van der Waals surface area contributed by atoms with Crippen molar-refractivity contribution in [3.63, 3.8) is 0 Å². The van der Waals surface area contributed by atoms with E-state index in [2.05, 4.69) is 70.9 Å². The van der Waals surface area contributed by atoms with Crippen molar-refractivity contribution in [1.82, 2.24) is 70.9 Å². The zero-order valence-corrected chi connectivity index (χ0v) is 15.8. The second kappa shape index (κ2) is 36.5. The van der Waals surface area contributed by atoms with Crippen molar-refractivity contribution >= 4 is 0 Å². The fraction of sp³-hybridized carbons (Fsp3) is 0.238. The Kier molecular flexibility index (Phi) is 42.2. The Labute approximate surface area is 207 Å². The molecule has 0 bridgehead atoms. The van der Waals surface area contributed by atoms with Crippen molar-refractivity contribution in [2.75, 3.05) is 0 Å². The van der Waals surface area contributed by atoms with Crippen LogP contribution in [0.15, 0.2) is 99.4 Å². The highest BCUT2D eigenvalue weighted by Gasteiger charge is 1.59. The summed E-state index contributed by atoms with van der Waals surface area (Å²) < 4.78 is 0. The van der Waals surface area contributed by atoms with Gasteiger partial charge in [-0.15, -0.1) is 0 Å². The van der Waals surface area contributed by atoms with Gasteiger partial charge in [0.1, 0.15) is 25.3 Å². The fourth-order valence-electron chi connectivity index (χ4n) is 1.21. The molecule has 0 saturated heterocycles. The van der Waals surface area contributed by atoms with E-state index in [1.807, 2.05) is 30.6 Å². The van der Waals surface area contributed by atoms with Gasteiger partial charge >= 0.3 is 0 Å². The van der Waals surface area contributed by atoms with Crippen LogP contribution in [0.25, 0.3) is 0 Å². The van der Waals surface area contributed by atoms with Crippen molar-refractivity contribution in [2.45, 2.75) is 37.1 Å². The summed E-state index contributed by atoms with van der Waals surface area (Å²) in [5.41, 5.74) is 0. The molecule has 6 heterocycles. The normalized spacial score (nSPS) is 6.86. The maximum Gasteiger partial charge on any atom is 0.137 e. The maximum atomic E-state index is 3.67. The second-order valence-electron chi connectivity index (χ2n) is 4.37. The number of nitrogens with one attached hydrogen (secondary N) is 6. The van der Waals surface area contributed by atoms with E-state index in [4.69, 9.17) is 0 Å². The van der Waals surface area contributed by atoms with E-state index >= 15 is 0 Å². The third-order valence-corrected chi connectivity index (χ3v) is 2.30. The van der Waals surface area contributed by atoms with E-state index in [-0.39, 0.29) is 37.1 Å². The standard InChI is InChI=1S/C4H5N.2C3H4N2.3C2H3N3.5CH4/c1-2-4-5-3-1;1-2-5-3-4-1;1-2-4-5-3-1;2*1-3-2-5-4-1;1-2-4-5-3-1;;;;;/h1-5H;2*1-3H,(H,4,5);3*1-2H,(H,3,4,5);5*1H4. The van der Waals surface area contributed by atoms with E-state index in [9.17, 15) is 0 Å². The minimum Gasteiger partial charge on any atom is -0.368 e. The van der Waals surface area contributed by atoms with Gasteiger partial charge in [-0.1, -0.05) is 37.1 Å². The molecule has 0 radical (unpaired) electrons. The third-order valence-electron chi connectivity index (χ3n) is 2.30. The lowest BCUT2D eigenvalue weighted by atomic mass is 10.7. The molecule has 14 heteroatoms. The van der Waals surface area contributed by atoms with Crippen molar-refractivity contribution in [2.24, 2.45) is 0 Å². The number of aromatic amines is 6. The average molecular weight is 491 g/mol. The Morgan fingerprint density at radius 2 is 1.00 bits per heavy atom. The van der Waals surface area contributed by atoms with Crippen molar-refractivity contribution in [3.05, 3.63) is 99.4 Å². The first-order valence-electron chi connectivity index (χ1n) is 8.31. The first-order valence-corrected chi connectivity index (χ1v) is 8.31. The van der Waals surface area contributed by atoms with Gasteiger partial charge in [-0.05, 0) is 18.2 Å². The predicted octanol–water partition coefficient (Wildman–Crippen LogP) is 4.43. The summed E-state index contributed by atoms with van der Waals surface area (Å²) in [5.74, 6) is 0. The van der Waals surface area contributed by atoms with Crippen LogP contribution in [-0.4, -0.2) is 70.9 Å². The fourth-order valence-corrected chi connectivity index (χ4v) is 1.21. The Morgan fingerprint density at radius 1 is 0.400 bits per heavy atom.